The Hall–Kier alpha value is -3.59. The molecule has 4 N–H and O–H groups in total. The van der Waals surface area contributed by atoms with Gasteiger partial charge in [0, 0.05) is 13.0 Å². The Morgan fingerprint density at radius 3 is 2.24 bits per heavy atom. The number of nitrogens with one attached hydrogen (secondary N) is 2. The lowest BCUT2D eigenvalue weighted by Crippen LogP contribution is -2.53. The smallest absolute Gasteiger partial charge is 0.408 e. The van der Waals surface area contributed by atoms with Crippen LogP contribution in [-0.4, -0.2) is 46.9 Å². The van der Waals surface area contributed by atoms with Crippen LogP contribution < -0.4 is 16.4 Å². The van der Waals surface area contributed by atoms with Crippen LogP contribution in [0.3, 0.4) is 0 Å². The maximum Gasteiger partial charge on any atom is 0.408 e. The summed E-state index contributed by atoms with van der Waals surface area (Å²) >= 11 is 6.45. The molecule has 230 valence electrons. The second-order valence-electron chi connectivity index (χ2n) is 11.5. The molecule has 0 aromatic heterocycles. The van der Waals surface area contributed by atoms with E-state index in [2.05, 4.69) is 17.6 Å². The summed E-state index contributed by atoms with van der Waals surface area (Å²) in [5.41, 5.74) is 7.28. The number of ether oxygens (including phenoxy) is 1. The molecule has 0 saturated heterocycles. The molecule has 2 rings (SSSR count). The van der Waals surface area contributed by atoms with Crippen LogP contribution in [-0.2, 0) is 19.1 Å². The number of nitrogens with zero attached hydrogens (tertiary/aromatic N) is 1. The van der Waals surface area contributed by atoms with Gasteiger partial charge in [0.1, 0.15) is 17.7 Å². The summed E-state index contributed by atoms with van der Waals surface area (Å²) in [5, 5.41) is 5.95. The molecule has 0 aliphatic carbocycles. The van der Waals surface area contributed by atoms with Gasteiger partial charge in [-0.15, -0.1) is 0 Å². The van der Waals surface area contributed by atoms with Crippen LogP contribution in [0.5, 0.6) is 0 Å². The molecule has 0 heterocycles. The van der Waals surface area contributed by atoms with Crippen molar-refractivity contribution >= 4 is 41.1 Å². The molecule has 9 nitrogen and oxygen atoms in total. The number of rotatable bonds is 14. The number of halogens is 1. The third kappa shape index (κ3) is 10.7. The van der Waals surface area contributed by atoms with Gasteiger partial charge in [-0.05, 0) is 70.2 Å². The lowest BCUT2D eigenvalue weighted by Gasteiger charge is -2.35. The fraction of sp³-hybridized carbons (Fsp3) is 0.500. The van der Waals surface area contributed by atoms with Gasteiger partial charge >= 0.3 is 6.09 Å². The number of alkyl carbamates (subject to hydrolysis) is 1. The summed E-state index contributed by atoms with van der Waals surface area (Å²) in [4.78, 5) is 54.5. The number of carbonyl (C=O) groups excluding carboxylic acids is 4. The van der Waals surface area contributed by atoms with Gasteiger partial charge in [0.15, 0.2) is 0 Å². The van der Waals surface area contributed by atoms with E-state index in [0.29, 0.717) is 22.7 Å². The van der Waals surface area contributed by atoms with E-state index in [1.165, 1.54) is 4.90 Å². The minimum Gasteiger partial charge on any atom is -0.444 e. The van der Waals surface area contributed by atoms with E-state index in [0.717, 1.165) is 30.4 Å². The number of carbonyl (C=O) groups is 4. The second-order valence-corrected chi connectivity index (χ2v) is 11.9. The Balaban J connectivity index is 2.60. The van der Waals surface area contributed by atoms with Crippen molar-refractivity contribution in [2.24, 2.45) is 5.73 Å². The Kier molecular flexibility index (Phi) is 13.3. The highest BCUT2D eigenvalue weighted by molar-refractivity contribution is 6.34. The number of hydrogen-bond acceptors (Lipinski definition) is 5. The summed E-state index contributed by atoms with van der Waals surface area (Å²) in [6.07, 6.45) is 2.43. The lowest BCUT2D eigenvalue weighted by molar-refractivity contribution is -0.141. The molecule has 4 amide bonds. The van der Waals surface area contributed by atoms with Gasteiger partial charge in [-0.1, -0.05) is 74.2 Å². The third-order valence-electron chi connectivity index (χ3n) is 6.72. The summed E-state index contributed by atoms with van der Waals surface area (Å²) in [7, 11) is 0. The molecular formula is C32H45ClN4O5. The maximum absolute atomic E-state index is 14.3. The Labute approximate surface area is 254 Å². The first-order valence-electron chi connectivity index (χ1n) is 14.4. The largest absolute Gasteiger partial charge is 0.444 e. The summed E-state index contributed by atoms with van der Waals surface area (Å²) in [5.74, 6) is -1.58. The molecule has 0 saturated carbocycles. The zero-order valence-electron chi connectivity index (χ0n) is 25.6. The number of nitrogens with two attached hydrogens (primary N) is 1. The zero-order chi connectivity index (χ0) is 31.4. The van der Waals surface area contributed by atoms with Crippen LogP contribution in [0.15, 0.2) is 42.5 Å². The van der Waals surface area contributed by atoms with Crippen molar-refractivity contribution in [3.8, 4) is 0 Å². The van der Waals surface area contributed by atoms with Crippen molar-refractivity contribution in [3.05, 3.63) is 64.2 Å². The minimum absolute atomic E-state index is 0.0510. The Bertz CT molecular complexity index is 1220. The fourth-order valence-corrected chi connectivity index (χ4v) is 4.86. The van der Waals surface area contributed by atoms with Crippen LogP contribution in [0.4, 0.5) is 10.5 Å². The number of aryl methyl sites for hydroxylation is 2. The number of unbranched alkanes of at least 4 members (excludes halogenated alkanes) is 3. The summed E-state index contributed by atoms with van der Waals surface area (Å²) < 4.78 is 5.40. The number of para-hydroxylation sites is 1. The average Bonchev–Trinajstić information content (AvgIpc) is 2.89. The monoisotopic (exact) mass is 600 g/mol. The van der Waals surface area contributed by atoms with Gasteiger partial charge in [-0.25, -0.2) is 4.79 Å². The van der Waals surface area contributed by atoms with Gasteiger partial charge in [0.2, 0.25) is 11.8 Å². The molecule has 0 aliphatic rings. The number of hydrogen-bond donors (Lipinski definition) is 3. The highest BCUT2D eigenvalue weighted by atomic mass is 35.5. The van der Waals surface area contributed by atoms with Gasteiger partial charge in [0.25, 0.3) is 5.91 Å². The van der Waals surface area contributed by atoms with Crippen molar-refractivity contribution in [1.82, 2.24) is 10.2 Å². The van der Waals surface area contributed by atoms with Crippen LogP contribution in [0.2, 0.25) is 5.02 Å². The standard InChI is InChI=1S/C32H45ClN4O5/c1-7-8-9-12-20-37(30(40)25(18-19-26(34)38)35-31(41)42-32(4,5)6)28(23-16-11-10-14-21(23)2)29(39)36-27-22(3)15-13-17-24(27)33/h10-11,13-17,25,28H,7-9,12,18-20H2,1-6H3,(H2,34,38)(H,35,41)(H,36,39). The molecule has 0 radical (unpaired) electrons. The van der Waals surface area contributed by atoms with E-state index in [1.54, 1.807) is 32.9 Å². The van der Waals surface area contributed by atoms with Crippen molar-refractivity contribution in [3.63, 3.8) is 0 Å². The quantitative estimate of drug-likeness (QED) is 0.222. The van der Waals surface area contributed by atoms with E-state index in [-0.39, 0.29) is 19.4 Å². The number of amides is 4. The average molecular weight is 601 g/mol. The second kappa shape index (κ2) is 16.2. The first-order chi connectivity index (χ1) is 19.7. The fourth-order valence-electron chi connectivity index (χ4n) is 4.60. The van der Waals surface area contributed by atoms with Crippen LogP contribution in [0.1, 0.15) is 89.0 Å². The first-order valence-corrected chi connectivity index (χ1v) is 14.8. The molecule has 2 aromatic carbocycles. The highest BCUT2D eigenvalue weighted by Crippen LogP contribution is 2.31. The predicted octanol–water partition coefficient (Wildman–Crippen LogP) is 6.20. The first kappa shape index (κ1) is 34.6. The topological polar surface area (TPSA) is 131 Å². The molecular weight excluding hydrogens is 556 g/mol. The van der Waals surface area contributed by atoms with E-state index >= 15 is 0 Å². The van der Waals surface area contributed by atoms with Crippen molar-refractivity contribution in [2.75, 3.05) is 11.9 Å². The minimum atomic E-state index is -1.15. The number of primary amides is 1. The normalized spacial score (nSPS) is 12.6. The van der Waals surface area contributed by atoms with Crippen LogP contribution in [0.25, 0.3) is 0 Å². The van der Waals surface area contributed by atoms with Crippen LogP contribution >= 0.6 is 11.6 Å². The van der Waals surface area contributed by atoms with E-state index < -0.39 is 41.5 Å². The van der Waals surface area contributed by atoms with Crippen molar-refractivity contribution in [2.45, 2.75) is 97.8 Å². The summed E-state index contributed by atoms with van der Waals surface area (Å²) in [6.45, 7) is 11.2. The SMILES string of the molecule is CCCCCCN(C(=O)C(CCC(N)=O)NC(=O)OC(C)(C)C)C(C(=O)Nc1c(C)cccc1Cl)c1ccccc1C. The number of anilines is 1. The van der Waals surface area contributed by atoms with Crippen LogP contribution in [0, 0.1) is 13.8 Å². The van der Waals surface area contributed by atoms with Crippen molar-refractivity contribution < 1.29 is 23.9 Å². The molecule has 0 bridgehead atoms. The molecule has 0 spiro atoms. The molecule has 2 aromatic rings. The Morgan fingerprint density at radius 1 is 0.976 bits per heavy atom. The van der Waals surface area contributed by atoms with Gasteiger partial charge in [-0.2, -0.15) is 0 Å². The summed E-state index contributed by atoms with van der Waals surface area (Å²) in [6, 6.07) is 10.5. The molecule has 0 fully saturated rings. The van der Waals surface area contributed by atoms with Crippen molar-refractivity contribution in [1.29, 1.82) is 0 Å². The van der Waals surface area contributed by atoms with Gasteiger partial charge in [-0.3, -0.25) is 14.4 Å². The molecule has 0 aliphatic heterocycles. The number of benzene rings is 2. The Morgan fingerprint density at radius 2 is 1.64 bits per heavy atom. The van der Waals surface area contributed by atoms with E-state index in [4.69, 9.17) is 22.1 Å². The molecule has 10 heteroatoms. The molecule has 2 unspecified atom stereocenters. The third-order valence-corrected chi connectivity index (χ3v) is 7.03. The predicted molar refractivity (Wildman–Crippen MR) is 166 cm³/mol. The van der Waals surface area contributed by atoms with E-state index in [9.17, 15) is 19.2 Å². The zero-order valence-corrected chi connectivity index (χ0v) is 26.3. The lowest BCUT2D eigenvalue weighted by atomic mass is 9.97. The van der Waals surface area contributed by atoms with Gasteiger partial charge < -0.3 is 26.0 Å². The molecule has 42 heavy (non-hydrogen) atoms. The highest BCUT2D eigenvalue weighted by Gasteiger charge is 2.37. The molecule has 2 atom stereocenters. The van der Waals surface area contributed by atoms with Gasteiger partial charge in [0.05, 0.1) is 10.7 Å². The maximum atomic E-state index is 14.3. The van der Waals surface area contributed by atoms with E-state index in [1.807, 2.05) is 44.2 Å².